The molecule has 0 aliphatic carbocycles. The van der Waals surface area contributed by atoms with Crippen LogP contribution in [-0.4, -0.2) is 11.7 Å². The topological polar surface area (TPSA) is 20.2 Å². The fourth-order valence-electron chi connectivity index (χ4n) is 0.777. The van der Waals surface area contributed by atoms with E-state index < -0.39 is 0 Å². The van der Waals surface area contributed by atoms with Gasteiger partial charge in [0.1, 0.15) is 0 Å². The standard InChI is InChI=1S/C8H8Cl2O/c9-7-3-1-6(2-4-7)8(10)5-11/h1-4,8,11H,5H2/t8-/m0/s1. The van der Waals surface area contributed by atoms with Gasteiger partial charge in [0, 0.05) is 5.02 Å². The largest absolute Gasteiger partial charge is 0.394 e. The molecule has 0 saturated heterocycles. The summed E-state index contributed by atoms with van der Waals surface area (Å²) in [6.45, 7) is -0.0524. The average Bonchev–Trinajstić information content (AvgIpc) is 2.05. The van der Waals surface area contributed by atoms with Gasteiger partial charge in [0.15, 0.2) is 0 Å². The summed E-state index contributed by atoms with van der Waals surface area (Å²) >= 11 is 11.4. The van der Waals surface area contributed by atoms with Crippen molar-refractivity contribution in [3.63, 3.8) is 0 Å². The van der Waals surface area contributed by atoms with E-state index in [1.807, 2.05) is 0 Å². The van der Waals surface area contributed by atoms with Gasteiger partial charge in [-0.05, 0) is 17.7 Å². The first kappa shape index (κ1) is 8.85. The van der Waals surface area contributed by atoms with Crippen molar-refractivity contribution in [3.05, 3.63) is 34.9 Å². The Morgan fingerprint density at radius 3 is 2.27 bits per heavy atom. The molecule has 0 bridgehead atoms. The molecule has 1 nitrogen and oxygen atoms in total. The summed E-state index contributed by atoms with van der Waals surface area (Å²) in [5.41, 5.74) is 0.888. The van der Waals surface area contributed by atoms with Crippen molar-refractivity contribution in [3.8, 4) is 0 Å². The Kier molecular flexibility index (Phi) is 3.18. The summed E-state index contributed by atoms with van der Waals surface area (Å²) in [5.74, 6) is 0. The number of rotatable bonds is 2. The second kappa shape index (κ2) is 3.96. The molecule has 0 heterocycles. The van der Waals surface area contributed by atoms with E-state index in [-0.39, 0.29) is 12.0 Å². The lowest BCUT2D eigenvalue weighted by Crippen LogP contribution is -1.94. The highest BCUT2D eigenvalue weighted by molar-refractivity contribution is 6.30. The molecule has 0 radical (unpaired) electrons. The van der Waals surface area contributed by atoms with Crippen LogP contribution in [0.3, 0.4) is 0 Å². The molecule has 0 saturated carbocycles. The lowest BCUT2D eigenvalue weighted by Gasteiger charge is -2.04. The van der Waals surface area contributed by atoms with Crippen molar-refractivity contribution in [2.45, 2.75) is 5.38 Å². The molecule has 0 fully saturated rings. The van der Waals surface area contributed by atoms with Crippen molar-refractivity contribution in [1.29, 1.82) is 0 Å². The summed E-state index contributed by atoms with van der Waals surface area (Å²) in [6, 6.07) is 7.11. The second-order valence-electron chi connectivity index (χ2n) is 2.20. The van der Waals surface area contributed by atoms with Crippen LogP contribution in [0.5, 0.6) is 0 Å². The molecule has 11 heavy (non-hydrogen) atoms. The highest BCUT2D eigenvalue weighted by atomic mass is 35.5. The molecule has 1 atom stereocenters. The van der Waals surface area contributed by atoms with Crippen molar-refractivity contribution in [1.82, 2.24) is 0 Å². The average molecular weight is 191 g/mol. The fraction of sp³-hybridized carbons (Fsp3) is 0.250. The van der Waals surface area contributed by atoms with E-state index in [4.69, 9.17) is 28.3 Å². The minimum Gasteiger partial charge on any atom is -0.394 e. The Balaban J connectivity index is 2.81. The molecule has 1 aromatic carbocycles. The summed E-state index contributed by atoms with van der Waals surface area (Å²) in [6.07, 6.45) is 0. The van der Waals surface area contributed by atoms with E-state index in [1.165, 1.54) is 0 Å². The van der Waals surface area contributed by atoms with Crippen molar-refractivity contribution in [2.24, 2.45) is 0 Å². The minimum atomic E-state index is -0.327. The van der Waals surface area contributed by atoms with Crippen LogP contribution >= 0.6 is 23.2 Å². The molecule has 0 amide bonds. The van der Waals surface area contributed by atoms with Gasteiger partial charge in [0.2, 0.25) is 0 Å². The van der Waals surface area contributed by atoms with E-state index in [0.717, 1.165) is 5.56 Å². The molecular formula is C8H8Cl2O. The third kappa shape index (κ3) is 2.37. The van der Waals surface area contributed by atoms with Gasteiger partial charge in [-0.15, -0.1) is 11.6 Å². The SMILES string of the molecule is OC[C@H](Cl)c1ccc(Cl)cc1. The highest BCUT2D eigenvalue weighted by Crippen LogP contribution is 2.20. The molecule has 60 valence electrons. The zero-order chi connectivity index (χ0) is 8.27. The molecule has 1 aromatic rings. The first-order valence-electron chi connectivity index (χ1n) is 3.24. The van der Waals surface area contributed by atoms with Gasteiger partial charge in [-0.1, -0.05) is 23.7 Å². The Morgan fingerprint density at radius 2 is 1.82 bits per heavy atom. The molecule has 0 aromatic heterocycles. The van der Waals surface area contributed by atoms with Gasteiger partial charge in [0.05, 0.1) is 12.0 Å². The molecule has 0 unspecified atom stereocenters. The molecule has 3 heteroatoms. The number of aliphatic hydroxyl groups excluding tert-OH is 1. The smallest absolute Gasteiger partial charge is 0.0816 e. The quantitative estimate of drug-likeness (QED) is 0.712. The number of benzene rings is 1. The van der Waals surface area contributed by atoms with Gasteiger partial charge in [-0.3, -0.25) is 0 Å². The van der Waals surface area contributed by atoms with Gasteiger partial charge >= 0.3 is 0 Å². The van der Waals surface area contributed by atoms with E-state index in [1.54, 1.807) is 24.3 Å². The molecule has 0 aliphatic heterocycles. The third-order valence-corrected chi connectivity index (χ3v) is 2.03. The van der Waals surface area contributed by atoms with Crippen LogP contribution < -0.4 is 0 Å². The van der Waals surface area contributed by atoms with Crippen LogP contribution in [0, 0.1) is 0 Å². The Labute approximate surface area is 75.6 Å². The molecule has 0 spiro atoms. The van der Waals surface area contributed by atoms with Crippen LogP contribution in [0.2, 0.25) is 5.02 Å². The minimum absolute atomic E-state index is 0.0524. The summed E-state index contributed by atoms with van der Waals surface area (Å²) < 4.78 is 0. The molecule has 0 aliphatic rings. The maximum absolute atomic E-state index is 8.69. The lowest BCUT2D eigenvalue weighted by molar-refractivity contribution is 0.294. The molecular weight excluding hydrogens is 183 g/mol. The number of alkyl halides is 1. The Hall–Kier alpha value is -0.240. The number of halogens is 2. The maximum Gasteiger partial charge on any atom is 0.0816 e. The molecule has 1 rings (SSSR count). The summed E-state index contributed by atoms with van der Waals surface area (Å²) in [4.78, 5) is 0. The van der Waals surface area contributed by atoms with Crippen LogP contribution in [0.1, 0.15) is 10.9 Å². The van der Waals surface area contributed by atoms with Crippen LogP contribution in [0.25, 0.3) is 0 Å². The van der Waals surface area contributed by atoms with E-state index in [0.29, 0.717) is 5.02 Å². The zero-order valence-corrected chi connectivity index (χ0v) is 7.31. The number of hydrogen-bond donors (Lipinski definition) is 1. The van der Waals surface area contributed by atoms with E-state index >= 15 is 0 Å². The van der Waals surface area contributed by atoms with E-state index in [9.17, 15) is 0 Å². The number of hydrogen-bond acceptors (Lipinski definition) is 1. The van der Waals surface area contributed by atoms with E-state index in [2.05, 4.69) is 0 Å². The monoisotopic (exact) mass is 190 g/mol. The third-order valence-electron chi connectivity index (χ3n) is 1.39. The summed E-state index contributed by atoms with van der Waals surface area (Å²) in [7, 11) is 0. The van der Waals surface area contributed by atoms with Crippen LogP contribution in [0.15, 0.2) is 24.3 Å². The van der Waals surface area contributed by atoms with Crippen molar-refractivity contribution < 1.29 is 5.11 Å². The fourth-order valence-corrected chi connectivity index (χ4v) is 1.05. The second-order valence-corrected chi connectivity index (χ2v) is 3.16. The van der Waals surface area contributed by atoms with Gasteiger partial charge in [-0.2, -0.15) is 0 Å². The Morgan fingerprint density at radius 1 is 1.27 bits per heavy atom. The van der Waals surface area contributed by atoms with Gasteiger partial charge < -0.3 is 5.11 Å². The van der Waals surface area contributed by atoms with Crippen LogP contribution in [-0.2, 0) is 0 Å². The normalized spacial score (nSPS) is 13.0. The first-order chi connectivity index (χ1) is 5.24. The van der Waals surface area contributed by atoms with Gasteiger partial charge in [-0.25, -0.2) is 0 Å². The summed E-state index contributed by atoms with van der Waals surface area (Å²) in [5, 5.41) is 9.04. The predicted octanol–water partition coefficient (Wildman–Crippen LogP) is 2.61. The number of aliphatic hydroxyl groups is 1. The van der Waals surface area contributed by atoms with Crippen molar-refractivity contribution >= 4 is 23.2 Å². The highest BCUT2D eigenvalue weighted by Gasteiger charge is 2.04. The maximum atomic E-state index is 8.69. The van der Waals surface area contributed by atoms with Gasteiger partial charge in [0.25, 0.3) is 0 Å². The van der Waals surface area contributed by atoms with Crippen LogP contribution in [0.4, 0.5) is 0 Å². The Bertz CT molecular complexity index is 220. The van der Waals surface area contributed by atoms with Crippen molar-refractivity contribution in [2.75, 3.05) is 6.61 Å². The zero-order valence-electron chi connectivity index (χ0n) is 5.80. The first-order valence-corrected chi connectivity index (χ1v) is 4.06. The molecule has 1 N–H and O–H groups in total. The lowest BCUT2D eigenvalue weighted by atomic mass is 10.2. The predicted molar refractivity (Wildman–Crippen MR) is 47.1 cm³/mol.